The van der Waals surface area contributed by atoms with Gasteiger partial charge in [-0.2, -0.15) is 0 Å². The maximum absolute atomic E-state index is 13.6. The Morgan fingerprint density at radius 1 is 1.00 bits per heavy atom. The van der Waals surface area contributed by atoms with Crippen molar-refractivity contribution in [3.63, 3.8) is 0 Å². The van der Waals surface area contributed by atoms with E-state index in [1.807, 2.05) is 44.2 Å². The molecule has 0 amide bonds. The third-order valence-electron chi connectivity index (χ3n) is 5.60. The fourth-order valence-electron chi connectivity index (χ4n) is 4.23. The van der Waals surface area contributed by atoms with Crippen LogP contribution in [0, 0.1) is 11.3 Å². The molecule has 2 aliphatic rings. The van der Waals surface area contributed by atoms with Crippen LogP contribution in [0.4, 0.5) is 0 Å². The van der Waals surface area contributed by atoms with Gasteiger partial charge in [-0.3, -0.25) is 9.59 Å². The first-order chi connectivity index (χ1) is 12.3. The molecule has 0 aromatic heterocycles. The lowest BCUT2D eigenvalue weighted by atomic mass is 9.72. The number of hydrogen-bond donors (Lipinski definition) is 0. The topological polar surface area (TPSA) is 34.1 Å². The standard InChI is InChI=1S/C24H24O2/c1-14(2)11-19-17-8-6-5-7-16(17)18-10-9-15-12-21(25)24(3,4)13-20(15)22(18)23(19)26/h5-10,12-14,19H,11H2,1-4H3. The van der Waals surface area contributed by atoms with Crippen molar-refractivity contribution in [2.45, 2.75) is 40.0 Å². The molecule has 2 nitrogen and oxygen atoms in total. The highest BCUT2D eigenvalue weighted by atomic mass is 16.1. The molecular formula is C24H24O2. The van der Waals surface area contributed by atoms with Crippen LogP contribution in [-0.2, 0) is 4.79 Å². The van der Waals surface area contributed by atoms with Crippen molar-refractivity contribution >= 4 is 23.7 Å². The zero-order valence-electron chi connectivity index (χ0n) is 15.8. The molecular weight excluding hydrogens is 320 g/mol. The molecule has 1 unspecified atom stereocenters. The minimum atomic E-state index is -0.576. The molecule has 132 valence electrons. The summed E-state index contributed by atoms with van der Waals surface area (Å²) in [6.07, 6.45) is 4.52. The van der Waals surface area contributed by atoms with E-state index in [1.165, 1.54) is 0 Å². The monoisotopic (exact) mass is 344 g/mol. The number of hydrogen-bond acceptors (Lipinski definition) is 2. The second kappa shape index (κ2) is 5.77. The highest BCUT2D eigenvalue weighted by molar-refractivity contribution is 6.15. The molecule has 1 atom stereocenters. The van der Waals surface area contributed by atoms with Crippen LogP contribution in [0.2, 0.25) is 0 Å². The predicted octanol–water partition coefficient (Wildman–Crippen LogP) is 3.85. The summed E-state index contributed by atoms with van der Waals surface area (Å²) in [5, 5.41) is 1.80. The normalized spacial score (nSPS) is 20.0. The van der Waals surface area contributed by atoms with Gasteiger partial charge in [0.1, 0.15) is 0 Å². The first-order valence-corrected chi connectivity index (χ1v) is 9.35. The van der Waals surface area contributed by atoms with E-state index in [-0.39, 0.29) is 17.5 Å². The fourth-order valence-corrected chi connectivity index (χ4v) is 4.23. The Morgan fingerprint density at radius 2 is 1.73 bits per heavy atom. The molecule has 0 N–H and O–H groups in total. The lowest BCUT2D eigenvalue weighted by molar-refractivity contribution is -0.118. The van der Waals surface area contributed by atoms with Crippen LogP contribution in [0.5, 0.6) is 0 Å². The Kier molecular flexibility index (Phi) is 3.76. The van der Waals surface area contributed by atoms with Crippen LogP contribution in [0.1, 0.15) is 56.0 Å². The number of ketones is 2. The Bertz CT molecular complexity index is 1050. The van der Waals surface area contributed by atoms with Crippen molar-refractivity contribution in [3.8, 4) is 11.1 Å². The Hall–Kier alpha value is -2.48. The SMILES string of the molecule is CC(C)CC1C(=O)c2c(ccc3c2=CC(C)(C)C(=O)C=3)-c2ccccc21. The summed E-state index contributed by atoms with van der Waals surface area (Å²) < 4.78 is 0. The molecule has 4 rings (SSSR count). The Morgan fingerprint density at radius 3 is 2.46 bits per heavy atom. The number of rotatable bonds is 2. The van der Waals surface area contributed by atoms with Gasteiger partial charge in [0.05, 0.1) is 0 Å². The van der Waals surface area contributed by atoms with Crippen LogP contribution < -0.4 is 10.4 Å². The van der Waals surface area contributed by atoms with Crippen LogP contribution in [0.3, 0.4) is 0 Å². The number of benzene rings is 2. The predicted molar refractivity (Wildman–Crippen MR) is 105 cm³/mol. The maximum atomic E-state index is 13.6. The third-order valence-corrected chi connectivity index (χ3v) is 5.60. The third kappa shape index (κ3) is 2.47. The molecule has 2 heteroatoms. The van der Waals surface area contributed by atoms with E-state index in [0.717, 1.165) is 39.1 Å². The largest absolute Gasteiger partial charge is 0.294 e. The van der Waals surface area contributed by atoms with Crippen molar-refractivity contribution in [1.29, 1.82) is 0 Å². The second-order valence-corrected chi connectivity index (χ2v) is 8.50. The van der Waals surface area contributed by atoms with Crippen molar-refractivity contribution in [1.82, 2.24) is 0 Å². The minimum absolute atomic E-state index is 0.0901. The van der Waals surface area contributed by atoms with E-state index in [0.29, 0.717) is 5.92 Å². The summed E-state index contributed by atoms with van der Waals surface area (Å²) in [5.74, 6) is 0.609. The van der Waals surface area contributed by atoms with Crippen molar-refractivity contribution in [2.24, 2.45) is 11.3 Å². The van der Waals surface area contributed by atoms with Gasteiger partial charge < -0.3 is 0 Å². The van der Waals surface area contributed by atoms with E-state index < -0.39 is 5.41 Å². The van der Waals surface area contributed by atoms with E-state index in [4.69, 9.17) is 0 Å². The summed E-state index contributed by atoms with van der Waals surface area (Å²) in [4.78, 5) is 25.9. The fraction of sp³-hybridized carbons (Fsp3) is 0.333. The zero-order valence-corrected chi connectivity index (χ0v) is 15.8. The molecule has 2 aromatic rings. The summed E-state index contributed by atoms with van der Waals surface area (Å²) in [7, 11) is 0. The van der Waals surface area contributed by atoms with Crippen LogP contribution >= 0.6 is 0 Å². The van der Waals surface area contributed by atoms with Crippen molar-refractivity contribution in [3.05, 3.63) is 58.0 Å². The van der Waals surface area contributed by atoms with Gasteiger partial charge in [0, 0.05) is 16.9 Å². The van der Waals surface area contributed by atoms with Gasteiger partial charge in [0.15, 0.2) is 11.6 Å². The summed E-state index contributed by atoms with van der Waals surface area (Å²) in [6.45, 7) is 8.16. The summed E-state index contributed by atoms with van der Waals surface area (Å²) in [5.41, 5.74) is 3.50. The Labute approximate surface area is 154 Å². The maximum Gasteiger partial charge on any atom is 0.171 e. The lowest BCUT2D eigenvalue weighted by Gasteiger charge is -2.29. The van der Waals surface area contributed by atoms with Gasteiger partial charge in [0.2, 0.25) is 0 Å². The molecule has 0 bridgehead atoms. The van der Waals surface area contributed by atoms with E-state index in [1.54, 1.807) is 6.08 Å². The number of carbonyl (C=O) groups is 2. The van der Waals surface area contributed by atoms with Crippen molar-refractivity contribution < 1.29 is 9.59 Å². The van der Waals surface area contributed by atoms with Gasteiger partial charge in [0.25, 0.3) is 0 Å². The van der Waals surface area contributed by atoms with Gasteiger partial charge >= 0.3 is 0 Å². The average Bonchev–Trinajstić information content (AvgIpc) is 2.58. The smallest absolute Gasteiger partial charge is 0.171 e. The quantitative estimate of drug-likeness (QED) is 0.829. The molecule has 0 radical (unpaired) electrons. The van der Waals surface area contributed by atoms with E-state index in [9.17, 15) is 9.59 Å². The molecule has 0 saturated heterocycles. The highest BCUT2D eigenvalue weighted by Gasteiger charge is 2.35. The second-order valence-electron chi connectivity index (χ2n) is 8.50. The van der Waals surface area contributed by atoms with Crippen LogP contribution in [-0.4, -0.2) is 11.6 Å². The Balaban J connectivity index is 2.07. The zero-order chi connectivity index (χ0) is 18.6. The van der Waals surface area contributed by atoms with Gasteiger partial charge in [-0.15, -0.1) is 0 Å². The number of carbonyl (C=O) groups excluding carboxylic acids is 2. The average molecular weight is 344 g/mol. The summed E-state index contributed by atoms with van der Waals surface area (Å²) in [6, 6.07) is 12.2. The minimum Gasteiger partial charge on any atom is -0.294 e. The highest BCUT2D eigenvalue weighted by Crippen LogP contribution is 2.41. The molecule has 2 aromatic carbocycles. The molecule has 0 fully saturated rings. The van der Waals surface area contributed by atoms with Gasteiger partial charge in [-0.05, 0) is 59.4 Å². The molecule has 0 aliphatic heterocycles. The molecule has 2 aliphatic carbocycles. The van der Waals surface area contributed by atoms with Crippen LogP contribution in [0.25, 0.3) is 23.3 Å². The summed E-state index contributed by atoms with van der Waals surface area (Å²) >= 11 is 0. The molecule has 0 heterocycles. The van der Waals surface area contributed by atoms with E-state index in [2.05, 4.69) is 26.0 Å². The molecule has 0 saturated carbocycles. The van der Waals surface area contributed by atoms with E-state index >= 15 is 0 Å². The van der Waals surface area contributed by atoms with Gasteiger partial charge in [-0.1, -0.05) is 56.3 Å². The number of fused-ring (bicyclic) bond motifs is 5. The van der Waals surface area contributed by atoms with Crippen molar-refractivity contribution in [2.75, 3.05) is 0 Å². The molecule has 26 heavy (non-hydrogen) atoms. The van der Waals surface area contributed by atoms with Gasteiger partial charge in [-0.25, -0.2) is 0 Å². The first-order valence-electron chi connectivity index (χ1n) is 9.35. The molecule has 0 spiro atoms. The lowest BCUT2D eigenvalue weighted by Crippen LogP contribution is -2.42. The van der Waals surface area contributed by atoms with Crippen LogP contribution in [0.15, 0.2) is 36.4 Å². The first kappa shape index (κ1) is 17.0. The number of Topliss-reactive ketones (excluding diaryl/α,β-unsaturated/α-hetero) is 2.